The lowest BCUT2D eigenvalue weighted by molar-refractivity contribution is -0.120. The average Bonchev–Trinajstić information content (AvgIpc) is 2.96. The Labute approximate surface area is 164 Å². The van der Waals surface area contributed by atoms with Gasteiger partial charge < -0.3 is 10.2 Å². The first kappa shape index (κ1) is 18.2. The summed E-state index contributed by atoms with van der Waals surface area (Å²) in [6.07, 6.45) is 2.48. The van der Waals surface area contributed by atoms with Crippen LogP contribution in [0.4, 0.5) is 10.5 Å². The number of nitrogens with one attached hydrogen (secondary N) is 1. The van der Waals surface area contributed by atoms with E-state index in [1.807, 2.05) is 24.3 Å². The summed E-state index contributed by atoms with van der Waals surface area (Å²) in [5.74, 6) is -0.355. The van der Waals surface area contributed by atoms with Gasteiger partial charge in [0.25, 0.3) is 11.8 Å². The van der Waals surface area contributed by atoms with Gasteiger partial charge in [-0.25, -0.2) is 9.69 Å². The summed E-state index contributed by atoms with van der Waals surface area (Å²) in [7, 11) is 0. The molecule has 0 aliphatic carbocycles. The van der Waals surface area contributed by atoms with Crippen molar-refractivity contribution in [1.82, 2.24) is 10.2 Å². The van der Waals surface area contributed by atoms with E-state index in [9.17, 15) is 14.4 Å². The van der Waals surface area contributed by atoms with Crippen molar-refractivity contribution in [1.29, 1.82) is 0 Å². The lowest BCUT2D eigenvalue weighted by Crippen LogP contribution is -2.39. The summed E-state index contributed by atoms with van der Waals surface area (Å²) < 4.78 is 0. The summed E-state index contributed by atoms with van der Waals surface area (Å²) in [5, 5.41) is 2.86. The molecule has 4 rings (SSSR count). The Morgan fingerprint density at radius 3 is 2.50 bits per heavy atom. The molecule has 1 fully saturated rings. The van der Waals surface area contributed by atoms with Crippen molar-refractivity contribution in [2.45, 2.75) is 38.8 Å². The number of fused-ring (bicyclic) bond motifs is 2. The van der Waals surface area contributed by atoms with Crippen molar-refractivity contribution in [3.8, 4) is 0 Å². The van der Waals surface area contributed by atoms with Gasteiger partial charge in [-0.2, -0.15) is 0 Å². The number of imide groups is 1. The number of unbranched alkanes of at least 4 members (excludes halogenated alkanes) is 1. The van der Waals surface area contributed by atoms with Crippen LogP contribution in [0, 0.1) is 0 Å². The molecule has 4 amide bonds. The second kappa shape index (κ2) is 7.46. The maximum absolute atomic E-state index is 12.9. The quantitative estimate of drug-likeness (QED) is 0.643. The lowest BCUT2D eigenvalue weighted by Gasteiger charge is -2.28. The minimum atomic E-state index is -0.459. The highest BCUT2D eigenvalue weighted by atomic mass is 16.2. The first-order chi connectivity index (χ1) is 13.6. The van der Waals surface area contributed by atoms with Gasteiger partial charge in [-0.1, -0.05) is 37.6 Å². The Bertz CT molecular complexity index is 880. The van der Waals surface area contributed by atoms with Crippen molar-refractivity contribution in [2.75, 3.05) is 11.4 Å². The molecule has 6 nitrogen and oxygen atoms in total. The Morgan fingerprint density at radius 1 is 1.07 bits per heavy atom. The SMILES string of the molecule is CCCCNC(=O)c1ccc(N2C(=O)[C@@H]3Cc4ccccc4CN3C2=O)cc1. The third kappa shape index (κ3) is 3.15. The zero-order valence-electron chi connectivity index (χ0n) is 15.9. The van der Waals surface area contributed by atoms with Crippen molar-refractivity contribution >= 4 is 23.5 Å². The Hall–Kier alpha value is -3.15. The van der Waals surface area contributed by atoms with Crippen LogP contribution in [0.5, 0.6) is 0 Å². The highest BCUT2D eigenvalue weighted by Gasteiger charge is 2.47. The van der Waals surface area contributed by atoms with Crippen LogP contribution >= 0.6 is 0 Å². The molecular weight excluding hydrogens is 354 g/mol. The van der Waals surface area contributed by atoms with Gasteiger partial charge >= 0.3 is 6.03 Å². The van der Waals surface area contributed by atoms with E-state index >= 15 is 0 Å². The largest absolute Gasteiger partial charge is 0.352 e. The summed E-state index contributed by atoms with van der Waals surface area (Å²) in [6, 6.07) is 13.8. The average molecular weight is 377 g/mol. The maximum atomic E-state index is 12.9. The van der Waals surface area contributed by atoms with Crippen LogP contribution in [0.2, 0.25) is 0 Å². The molecule has 2 aliphatic heterocycles. The maximum Gasteiger partial charge on any atom is 0.332 e. The number of hydrogen-bond acceptors (Lipinski definition) is 3. The van der Waals surface area contributed by atoms with Crippen molar-refractivity contribution in [3.63, 3.8) is 0 Å². The van der Waals surface area contributed by atoms with E-state index in [4.69, 9.17) is 0 Å². The van der Waals surface area contributed by atoms with Gasteiger partial charge in [0, 0.05) is 25.1 Å². The number of hydrogen-bond donors (Lipinski definition) is 1. The van der Waals surface area contributed by atoms with Crippen molar-refractivity contribution in [2.24, 2.45) is 0 Å². The molecule has 2 aromatic carbocycles. The number of benzene rings is 2. The molecule has 0 bridgehead atoms. The van der Waals surface area contributed by atoms with Crippen LogP contribution < -0.4 is 10.2 Å². The molecule has 0 unspecified atom stereocenters. The van der Waals surface area contributed by atoms with Gasteiger partial charge in [0.1, 0.15) is 6.04 Å². The standard InChI is InChI=1S/C22H23N3O3/c1-2-3-12-23-20(26)15-8-10-18(11-9-15)25-21(27)19-13-16-6-4-5-7-17(16)14-24(19)22(25)28/h4-11,19H,2-3,12-14H2,1H3,(H,23,26)/t19-/m0/s1. The number of carbonyl (C=O) groups excluding carboxylic acids is 3. The molecule has 144 valence electrons. The zero-order valence-corrected chi connectivity index (χ0v) is 15.9. The number of carbonyl (C=O) groups is 3. The third-order valence-electron chi connectivity index (χ3n) is 5.39. The van der Waals surface area contributed by atoms with Crippen LogP contribution in [-0.4, -0.2) is 35.3 Å². The minimum absolute atomic E-state index is 0.146. The van der Waals surface area contributed by atoms with E-state index in [1.54, 1.807) is 29.2 Å². The third-order valence-corrected chi connectivity index (χ3v) is 5.39. The van der Waals surface area contributed by atoms with Crippen LogP contribution in [-0.2, 0) is 17.8 Å². The van der Waals surface area contributed by atoms with Gasteiger partial charge in [0.15, 0.2) is 0 Å². The van der Waals surface area contributed by atoms with Crippen molar-refractivity contribution in [3.05, 3.63) is 65.2 Å². The molecule has 6 heteroatoms. The Balaban J connectivity index is 1.52. The molecule has 0 spiro atoms. The number of anilines is 1. The highest BCUT2D eigenvalue weighted by molar-refractivity contribution is 6.21. The highest BCUT2D eigenvalue weighted by Crippen LogP contribution is 2.32. The number of rotatable bonds is 5. The van der Waals surface area contributed by atoms with Gasteiger partial charge in [-0.3, -0.25) is 9.59 Å². The molecule has 1 N–H and O–H groups in total. The van der Waals surface area contributed by atoms with Crippen LogP contribution in [0.1, 0.15) is 41.3 Å². The van der Waals surface area contributed by atoms with Gasteiger partial charge in [0.2, 0.25) is 0 Å². The van der Waals surface area contributed by atoms with E-state index in [2.05, 4.69) is 12.2 Å². The first-order valence-corrected chi connectivity index (χ1v) is 9.69. The predicted octanol–water partition coefficient (Wildman–Crippen LogP) is 3.11. The summed E-state index contributed by atoms with van der Waals surface area (Å²) in [6.45, 7) is 3.15. The molecule has 1 saturated heterocycles. The van der Waals surface area contributed by atoms with Gasteiger partial charge in [0.05, 0.1) is 5.69 Å². The number of nitrogens with zero attached hydrogens (tertiary/aromatic N) is 2. The zero-order chi connectivity index (χ0) is 19.7. The fraction of sp³-hybridized carbons (Fsp3) is 0.318. The minimum Gasteiger partial charge on any atom is -0.352 e. The topological polar surface area (TPSA) is 69.7 Å². The molecule has 0 radical (unpaired) electrons. The monoisotopic (exact) mass is 377 g/mol. The van der Waals surface area contributed by atoms with Gasteiger partial charge in [-0.05, 0) is 41.8 Å². The molecule has 0 aromatic heterocycles. The lowest BCUT2D eigenvalue weighted by atomic mass is 9.95. The van der Waals surface area contributed by atoms with E-state index in [1.165, 1.54) is 4.90 Å². The van der Waals surface area contributed by atoms with Crippen LogP contribution in [0.15, 0.2) is 48.5 Å². The number of urea groups is 1. The second-order valence-electron chi connectivity index (χ2n) is 7.23. The normalized spacial score (nSPS) is 18.1. The number of amides is 4. The smallest absolute Gasteiger partial charge is 0.332 e. The van der Waals surface area contributed by atoms with Crippen LogP contribution in [0.25, 0.3) is 0 Å². The van der Waals surface area contributed by atoms with Crippen LogP contribution in [0.3, 0.4) is 0 Å². The molecule has 2 aliphatic rings. The van der Waals surface area contributed by atoms with Crippen molar-refractivity contribution < 1.29 is 14.4 Å². The Kier molecular flexibility index (Phi) is 4.86. The second-order valence-corrected chi connectivity index (χ2v) is 7.23. The molecule has 28 heavy (non-hydrogen) atoms. The molecule has 1 atom stereocenters. The van der Waals surface area contributed by atoms with Gasteiger partial charge in [-0.15, -0.1) is 0 Å². The van der Waals surface area contributed by atoms with E-state index in [0.717, 1.165) is 24.0 Å². The first-order valence-electron chi connectivity index (χ1n) is 9.69. The summed E-state index contributed by atoms with van der Waals surface area (Å²) in [4.78, 5) is 40.9. The predicted molar refractivity (Wildman–Crippen MR) is 106 cm³/mol. The molecular formula is C22H23N3O3. The van der Waals surface area contributed by atoms with E-state index < -0.39 is 6.04 Å². The molecule has 0 saturated carbocycles. The van der Waals surface area contributed by atoms with E-state index in [-0.39, 0.29) is 17.8 Å². The summed E-state index contributed by atoms with van der Waals surface area (Å²) >= 11 is 0. The molecule has 2 aromatic rings. The Morgan fingerprint density at radius 2 is 1.79 bits per heavy atom. The van der Waals surface area contributed by atoms with E-state index in [0.29, 0.717) is 30.8 Å². The molecule has 2 heterocycles. The fourth-order valence-electron chi connectivity index (χ4n) is 3.80. The summed E-state index contributed by atoms with van der Waals surface area (Å²) in [5.41, 5.74) is 3.22. The fourth-order valence-corrected chi connectivity index (χ4v) is 3.80.